The molecule has 0 unspecified atom stereocenters. The number of nitrogens with zero attached hydrogens (tertiary/aromatic N) is 6. The number of hydrogen-bond donors (Lipinski definition) is 0. The number of carbonyl (C=O) groups excluding carboxylic acids is 1. The zero-order chi connectivity index (χ0) is 19.1. The van der Waals surface area contributed by atoms with E-state index < -0.39 is 0 Å². The monoisotopic (exact) mass is 376 g/mol. The maximum Gasteiger partial charge on any atom is 0.273 e. The van der Waals surface area contributed by atoms with Gasteiger partial charge in [0.05, 0.1) is 0 Å². The fourth-order valence-corrected chi connectivity index (χ4v) is 3.92. The van der Waals surface area contributed by atoms with E-state index in [0.717, 1.165) is 37.2 Å². The summed E-state index contributed by atoms with van der Waals surface area (Å²) in [6.07, 6.45) is 6.04. The van der Waals surface area contributed by atoms with Crippen molar-refractivity contribution in [3.63, 3.8) is 0 Å². The topological polar surface area (TPSA) is 88.3 Å². The van der Waals surface area contributed by atoms with Gasteiger partial charge in [-0.2, -0.15) is 4.98 Å². The highest BCUT2D eigenvalue weighted by Gasteiger charge is 2.35. The Bertz CT molecular complexity index is 1020. The fraction of sp³-hybridized carbons (Fsp3) is 0.350. The predicted octanol–water partition coefficient (Wildman–Crippen LogP) is 2.50. The second kappa shape index (κ2) is 6.70. The number of anilines is 1. The molecule has 1 amide bonds. The lowest BCUT2D eigenvalue weighted by atomic mass is 10.2. The molecule has 0 saturated carbocycles. The average Bonchev–Trinajstić information content (AvgIpc) is 3.47. The van der Waals surface area contributed by atoms with Crippen LogP contribution in [0.25, 0.3) is 11.4 Å². The first kappa shape index (κ1) is 16.9. The van der Waals surface area contributed by atoms with Gasteiger partial charge in [-0.15, -0.1) is 0 Å². The standard InChI is InChI=1S/C20H20N6O2/c1-25-12-8-14-4-5-15(22-18(14)25)20(27)26-11-2-3-16(26)19-23-17(24-28-19)13-6-9-21-10-7-13/h4-7,9-10,16H,2-3,8,11-12H2,1H3/t16-/m0/s1. The van der Waals surface area contributed by atoms with Gasteiger partial charge in [0.25, 0.3) is 5.91 Å². The number of rotatable bonds is 3. The van der Waals surface area contributed by atoms with Gasteiger partial charge in [-0.1, -0.05) is 11.2 Å². The number of hydrogen-bond acceptors (Lipinski definition) is 7. The van der Waals surface area contributed by atoms with Crippen LogP contribution in [-0.4, -0.2) is 51.1 Å². The molecule has 1 fully saturated rings. The SMILES string of the molecule is CN1CCc2ccc(C(=O)N3CCC[C@H]3c3nc(-c4ccncc4)no3)nc21. The molecule has 1 saturated heterocycles. The highest BCUT2D eigenvalue weighted by Crippen LogP contribution is 2.33. The first-order chi connectivity index (χ1) is 13.7. The number of aromatic nitrogens is 4. The first-order valence-electron chi connectivity index (χ1n) is 9.47. The van der Waals surface area contributed by atoms with E-state index in [0.29, 0.717) is 24.0 Å². The third kappa shape index (κ3) is 2.81. The van der Waals surface area contributed by atoms with E-state index in [1.165, 1.54) is 5.56 Å². The van der Waals surface area contributed by atoms with Gasteiger partial charge in [0.1, 0.15) is 17.6 Å². The van der Waals surface area contributed by atoms with Gasteiger partial charge in [0.15, 0.2) is 0 Å². The van der Waals surface area contributed by atoms with E-state index in [1.54, 1.807) is 17.3 Å². The number of carbonyl (C=O) groups is 1. The van der Waals surface area contributed by atoms with Crippen LogP contribution in [0.1, 0.15) is 40.8 Å². The molecule has 2 aliphatic rings. The van der Waals surface area contributed by atoms with E-state index in [1.807, 2.05) is 31.3 Å². The number of likely N-dealkylation sites (N-methyl/N-ethyl adjacent to an activating group) is 1. The Morgan fingerprint density at radius 3 is 2.86 bits per heavy atom. The summed E-state index contributed by atoms with van der Waals surface area (Å²) in [4.78, 5) is 30.2. The molecule has 3 aromatic rings. The van der Waals surface area contributed by atoms with Gasteiger partial charge < -0.3 is 14.3 Å². The van der Waals surface area contributed by atoms with Crippen LogP contribution in [-0.2, 0) is 6.42 Å². The molecule has 5 heterocycles. The lowest BCUT2D eigenvalue weighted by molar-refractivity contribution is 0.0704. The van der Waals surface area contributed by atoms with Crippen molar-refractivity contribution in [2.75, 3.05) is 25.0 Å². The molecule has 5 rings (SSSR count). The van der Waals surface area contributed by atoms with Crippen molar-refractivity contribution >= 4 is 11.7 Å². The summed E-state index contributed by atoms with van der Waals surface area (Å²) in [6.45, 7) is 1.59. The molecule has 0 spiro atoms. The van der Waals surface area contributed by atoms with Gasteiger partial charge in [-0.25, -0.2) is 4.98 Å². The molecule has 8 heteroatoms. The summed E-state index contributed by atoms with van der Waals surface area (Å²) in [5.41, 5.74) is 2.49. The zero-order valence-electron chi connectivity index (χ0n) is 15.6. The molecule has 0 radical (unpaired) electrons. The van der Waals surface area contributed by atoms with E-state index in [4.69, 9.17) is 4.52 Å². The van der Waals surface area contributed by atoms with Crippen LogP contribution in [0.5, 0.6) is 0 Å². The van der Waals surface area contributed by atoms with Gasteiger partial charge in [-0.05, 0) is 43.0 Å². The largest absolute Gasteiger partial charge is 0.359 e. The Kier molecular flexibility index (Phi) is 4.03. The fourth-order valence-electron chi connectivity index (χ4n) is 3.92. The lowest BCUT2D eigenvalue weighted by Crippen LogP contribution is -2.31. The van der Waals surface area contributed by atoms with Gasteiger partial charge in [-0.3, -0.25) is 9.78 Å². The lowest BCUT2D eigenvalue weighted by Gasteiger charge is -2.22. The van der Waals surface area contributed by atoms with Crippen LogP contribution < -0.4 is 4.90 Å². The minimum atomic E-state index is -0.219. The summed E-state index contributed by atoms with van der Waals surface area (Å²) in [6, 6.07) is 7.28. The normalized spacial score (nSPS) is 18.5. The number of fused-ring (bicyclic) bond motifs is 1. The van der Waals surface area contributed by atoms with Crippen molar-refractivity contribution in [1.29, 1.82) is 0 Å². The Morgan fingerprint density at radius 1 is 1.14 bits per heavy atom. The highest BCUT2D eigenvalue weighted by atomic mass is 16.5. The molecule has 0 aromatic carbocycles. The highest BCUT2D eigenvalue weighted by molar-refractivity contribution is 5.93. The third-order valence-electron chi connectivity index (χ3n) is 5.43. The Balaban J connectivity index is 1.41. The Hall–Kier alpha value is -3.29. The molecule has 0 bridgehead atoms. The summed E-state index contributed by atoms with van der Waals surface area (Å²) < 4.78 is 5.51. The van der Waals surface area contributed by atoms with E-state index in [2.05, 4.69) is 25.0 Å². The summed E-state index contributed by atoms with van der Waals surface area (Å²) in [7, 11) is 2.00. The number of pyridine rings is 2. The van der Waals surface area contributed by atoms with E-state index >= 15 is 0 Å². The molecular formula is C20H20N6O2. The van der Waals surface area contributed by atoms with E-state index in [9.17, 15) is 4.79 Å². The molecule has 3 aromatic heterocycles. The molecule has 0 N–H and O–H groups in total. The molecule has 2 aliphatic heterocycles. The van der Waals surface area contributed by atoms with Crippen molar-refractivity contribution in [1.82, 2.24) is 25.0 Å². The average molecular weight is 376 g/mol. The van der Waals surface area contributed by atoms with Crippen molar-refractivity contribution < 1.29 is 9.32 Å². The van der Waals surface area contributed by atoms with E-state index in [-0.39, 0.29) is 11.9 Å². The second-order valence-corrected chi connectivity index (χ2v) is 7.20. The van der Waals surface area contributed by atoms with Crippen LogP contribution in [0.2, 0.25) is 0 Å². The van der Waals surface area contributed by atoms with Crippen LogP contribution in [0.3, 0.4) is 0 Å². The smallest absolute Gasteiger partial charge is 0.273 e. The number of amides is 1. The van der Waals surface area contributed by atoms with Crippen molar-refractivity contribution in [3.8, 4) is 11.4 Å². The maximum absolute atomic E-state index is 13.2. The van der Waals surface area contributed by atoms with Gasteiger partial charge >= 0.3 is 0 Å². The molecule has 0 aliphatic carbocycles. The van der Waals surface area contributed by atoms with Crippen molar-refractivity contribution in [2.45, 2.75) is 25.3 Å². The first-order valence-corrected chi connectivity index (χ1v) is 9.47. The summed E-state index contributed by atoms with van der Waals surface area (Å²) in [5.74, 6) is 1.79. The molecule has 8 nitrogen and oxygen atoms in total. The summed E-state index contributed by atoms with van der Waals surface area (Å²) in [5, 5.41) is 4.08. The predicted molar refractivity (Wildman–Crippen MR) is 102 cm³/mol. The Labute approximate surface area is 162 Å². The molecular weight excluding hydrogens is 356 g/mol. The zero-order valence-corrected chi connectivity index (χ0v) is 15.6. The Morgan fingerprint density at radius 2 is 2.00 bits per heavy atom. The molecule has 142 valence electrons. The third-order valence-corrected chi connectivity index (χ3v) is 5.43. The van der Waals surface area contributed by atoms with Crippen molar-refractivity contribution in [3.05, 3.63) is 53.8 Å². The van der Waals surface area contributed by atoms with Crippen LogP contribution in [0, 0.1) is 0 Å². The minimum Gasteiger partial charge on any atom is -0.359 e. The molecule has 1 atom stereocenters. The minimum absolute atomic E-state index is 0.0886. The van der Waals surface area contributed by atoms with Crippen LogP contribution >= 0.6 is 0 Å². The summed E-state index contributed by atoms with van der Waals surface area (Å²) >= 11 is 0. The molecule has 28 heavy (non-hydrogen) atoms. The van der Waals surface area contributed by atoms with Crippen LogP contribution in [0.15, 0.2) is 41.2 Å². The maximum atomic E-state index is 13.2. The quantitative estimate of drug-likeness (QED) is 0.694. The van der Waals surface area contributed by atoms with Gasteiger partial charge in [0, 0.05) is 38.1 Å². The van der Waals surface area contributed by atoms with Crippen LogP contribution in [0.4, 0.5) is 5.82 Å². The second-order valence-electron chi connectivity index (χ2n) is 7.20. The number of likely N-dealkylation sites (tertiary alicyclic amines) is 1. The van der Waals surface area contributed by atoms with Crippen molar-refractivity contribution in [2.24, 2.45) is 0 Å². The van der Waals surface area contributed by atoms with Gasteiger partial charge in [0.2, 0.25) is 11.7 Å².